The highest BCUT2D eigenvalue weighted by atomic mass is 32.1. The molecule has 1 unspecified atom stereocenters. The van der Waals surface area contributed by atoms with Crippen LogP contribution in [0.25, 0.3) is 0 Å². The molecular weight excluding hydrogens is 318 g/mol. The lowest BCUT2D eigenvalue weighted by molar-refractivity contribution is -0.384. The summed E-state index contributed by atoms with van der Waals surface area (Å²) in [5, 5.41) is 30.7. The Balaban J connectivity index is 2.22. The van der Waals surface area contributed by atoms with E-state index in [1.165, 1.54) is 36.6 Å². The first kappa shape index (κ1) is 16.9. The average molecular weight is 335 g/mol. The highest BCUT2D eigenvalue weighted by molar-refractivity contribution is 7.08. The molecule has 0 bridgehead atoms. The van der Waals surface area contributed by atoms with Gasteiger partial charge in [0.2, 0.25) is 0 Å². The molecule has 0 fully saturated rings. The number of hydrogen-bond acceptors (Lipinski definition) is 6. The van der Waals surface area contributed by atoms with Crippen molar-refractivity contribution in [1.29, 1.82) is 0 Å². The highest BCUT2D eigenvalue weighted by Crippen LogP contribution is 2.28. The van der Waals surface area contributed by atoms with Gasteiger partial charge in [0.1, 0.15) is 11.3 Å². The van der Waals surface area contributed by atoms with Crippen molar-refractivity contribution in [1.82, 2.24) is 5.32 Å². The minimum Gasteiger partial charge on any atom is -0.384 e. The molecule has 0 aliphatic carbocycles. The van der Waals surface area contributed by atoms with Gasteiger partial charge in [-0.1, -0.05) is 0 Å². The van der Waals surface area contributed by atoms with Gasteiger partial charge in [0.15, 0.2) is 0 Å². The molecule has 23 heavy (non-hydrogen) atoms. The molecule has 0 saturated carbocycles. The van der Waals surface area contributed by atoms with Crippen molar-refractivity contribution >= 4 is 28.6 Å². The molecule has 1 aromatic carbocycles. The van der Waals surface area contributed by atoms with Crippen LogP contribution in [0.1, 0.15) is 22.8 Å². The molecule has 2 rings (SSSR count). The summed E-state index contributed by atoms with van der Waals surface area (Å²) in [5.74, 6) is -0.398. The van der Waals surface area contributed by atoms with Crippen LogP contribution in [0, 0.1) is 10.1 Å². The predicted octanol–water partition coefficient (Wildman–Crippen LogP) is 2.34. The first-order valence-corrected chi connectivity index (χ1v) is 7.79. The predicted molar refractivity (Wildman–Crippen MR) is 88.9 cm³/mol. The van der Waals surface area contributed by atoms with Crippen LogP contribution in [0.5, 0.6) is 0 Å². The number of thiophene rings is 1. The van der Waals surface area contributed by atoms with Crippen LogP contribution in [0.2, 0.25) is 0 Å². The molecule has 1 atom stereocenters. The molecule has 122 valence electrons. The van der Waals surface area contributed by atoms with Crippen LogP contribution in [-0.4, -0.2) is 29.5 Å². The fourth-order valence-electron chi connectivity index (χ4n) is 2.06. The summed E-state index contributed by atoms with van der Waals surface area (Å²) < 4.78 is 0. The quantitative estimate of drug-likeness (QED) is 0.555. The lowest BCUT2D eigenvalue weighted by Crippen LogP contribution is -2.30. The van der Waals surface area contributed by atoms with Gasteiger partial charge >= 0.3 is 0 Å². The van der Waals surface area contributed by atoms with Gasteiger partial charge in [0, 0.05) is 25.2 Å². The number of carbonyl (C=O) groups excluding carboxylic acids is 1. The molecule has 1 heterocycles. The number of carbonyl (C=O) groups is 1. The first-order chi connectivity index (χ1) is 10.8. The van der Waals surface area contributed by atoms with Gasteiger partial charge in [0.05, 0.1) is 4.92 Å². The van der Waals surface area contributed by atoms with Crippen LogP contribution < -0.4 is 10.6 Å². The van der Waals surface area contributed by atoms with Gasteiger partial charge in [-0.15, -0.1) is 0 Å². The molecule has 2 aromatic rings. The van der Waals surface area contributed by atoms with E-state index in [0.717, 1.165) is 5.56 Å². The van der Waals surface area contributed by atoms with Gasteiger partial charge in [0.25, 0.3) is 11.6 Å². The maximum Gasteiger partial charge on any atom is 0.293 e. The number of nitrogens with one attached hydrogen (secondary N) is 2. The molecule has 8 heteroatoms. The largest absolute Gasteiger partial charge is 0.384 e. The smallest absolute Gasteiger partial charge is 0.293 e. The lowest BCUT2D eigenvalue weighted by atomic mass is 9.99. The van der Waals surface area contributed by atoms with Crippen molar-refractivity contribution in [2.45, 2.75) is 12.5 Å². The Hall–Kier alpha value is -2.45. The third-order valence-corrected chi connectivity index (χ3v) is 4.13. The highest BCUT2D eigenvalue weighted by Gasteiger charge is 2.25. The fourth-order valence-corrected chi connectivity index (χ4v) is 2.84. The summed E-state index contributed by atoms with van der Waals surface area (Å²) in [6.07, 6.45) is 0. The zero-order chi connectivity index (χ0) is 17.0. The van der Waals surface area contributed by atoms with Crippen molar-refractivity contribution in [2.24, 2.45) is 0 Å². The van der Waals surface area contributed by atoms with E-state index in [2.05, 4.69) is 10.6 Å². The molecule has 0 aliphatic rings. The summed E-state index contributed by atoms with van der Waals surface area (Å²) in [6, 6.07) is 5.97. The third-order valence-electron chi connectivity index (χ3n) is 3.45. The number of nitro benzene ring substituents is 1. The maximum absolute atomic E-state index is 11.6. The van der Waals surface area contributed by atoms with Crippen LogP contribution in [0.3, 0.4) is 0 Å². The Morgan fingerprint density at radius 3 is 2.74 bits per heavy atom. The molecule has 7 nitrogen and oxygen atoms in total. The third kappa shape index (κ3) is 3.85. The summed E-state index contributed by atoms with van der Waals surface area (Å²) >= 11 is 1.46. The molecule has 0 radical (unpaired) electrons. The van der Waals surface area contributed by atoms with Crippen molar-refractivity contribution < 1.29 is 14.8 Å². The lowest BCUT2D eigenvalue weighted by Gasteiger charge is -2.23. The van der Waals surface area contributed by atoms with E-state index in [-0.39, 0.29) is 23.5 Å². The Kier molecular flexibility index (Phi) is 4.97. The average Bonchev–Trinajstić information content (AvgIpc) is 3.07. The SMILES string of the molecule is CNC(=O)c1ccc(NCC(C)(O)c2ccsc2)c([N+](=O)[O-])c1. The fraction of sp³-hybridized carbons (Fsp3) is 0.267. The minimum atomic E-state index is -1.16. The number of amides is 1. The Labute approximate surface area is 137 Å². The molecule has 3 N–H and O–H groups in total. The van der Waals surface area contributed by atoms with Crippen molar-refractivity contribution in [3.63, 3.8) is 0 Å². The summed E-state index contributed by atoms with van der Waals surface area (Å²) in [6.45, 7) is 1.73. The number of hydrogen-bond donors (Lipinski definition) is 3. The molecule has 0 spiro atoms. The van der Waals surface area contributed by atoms with Crippen LogP contribution in [0.15, 0.2) is 35.0 Å². The van der Waals surface area contributed by atoms with Crippen molar-refractivity contribution in [3.8, 4) is 0 Å². The molecule has 0 aliphatic heterocycles. The van der Waals surface area contributed by atoms with E-state index in [9.17, 15) is 20.0 Å². The van der Waals surface area contributed by atoms with Gasteiger partial charge in [-0.25, -0.2) is 0 Å². The topological polar surface area (TPSA) is 104 Å². The summed E-state index contributed by atoms with van der Waals surface area (Å²) in [5.41, 5.74) is -0.188. The second-order valence-corrected chi connectivity index (χ2v) is 5.99. The monoisotopic (exact) mass is 335 g/mol. The van der Waals surface area contributed by atoms with Crippen molar-refractivity contribution in [3.05, 3.63) is 56.3 Å². The van der Waals surface area contributed by atoms with Crippen molar-refractivity contribution in [2.75, 3.05) is 18.9 Å². The van der Waals surface area contributed by atoms with Crippen LogP contribution >= 0.6 is 11.3 Å². The van der Waals surface area contributed by atoms with E-state index < -0.39 is 16.4 Å². The Bertz CT molecular complexity index is 714. The number of nitrogens with zero attached hydrogens (tertiary/aromatic N) is 1. The maximum atomic E-state index is 11.6. The minimum absolute atomic E-state index is 0.101. The summed E-state index contributed by atoms with van der Waals surface area (Å²) in [7, 11) is 1.46. The number of nitro groups is 1. The van der Waals surface area contributed by atoms with E-state index in [0.29, 0.717) is 0 Å². The van der Waals surface area contributed by atoms with Gasteiger partial charge in [-0.2, -0.15) is 11.3 Å². The van der Waals surface area contributed by atoms with E-state index in [1.54, 1.807) is 13.0 Å². The van der Waals surface area contributed by atoms with Crippen LogP contribution in [0.4, 0.5) is 11.4 Å². The Morgan fingerprint density at radius 2 is 2.17 bits per heavy atom. The molecule has 1 amide bonds. The van der Waals surface area contributed by atoms with E-state index in [4.69, 9.17) is 0 Å². The Morgan fingerprint density at radius 1 is 1.43 bits per heavy atom. The second kappa shape index (κ2) is 6.76. The number of benzene rings is 1. The molecular formula is C15H17N3O4S. The number of anilines is 1. The zero-order valence-corrected chi connectivity index (χ0v) is 13.5. The van der Waals surface area contributed by atoms with E-state index in [1.807, 2.05) is 10.8 Å². The first-order valence-electron chi connectivity index (χ1n) is 6.84. The van der Waals surface area contributed by atoms with E-state index >= 15 is 0 Å². The standard InChI is InChI=1S/C15H17N3O4S/c1-15(20,11-5-6-23-8-11)9-17-12-4-3-10(14(19)16-2)7-13(12)18(21)22/h3-8,17,20H,9H2,1-2H3,(H,16,19). The normalized spacial score (nSPS) is 13.2. The second-order valence-electron chi connectivity index (χ2n) is 5.21. The zero-order valence-electron chi connectivity index (χ0n) is 12.7. The number of rotatable bonds is 6. The van der Waals surface area contributed by atoms with Gasteiger partial charge < -0.3 is 15.7 Å². The van der Waals surface area contributed by atoms with Gasteiger partial charge in [-0.3, -0.25) is 14.9 Å². The molecule has 0 saturated heterocycles. The number of aliphatic hydroxyl groups is 1. The molecule has 1 aromatic heterocycles. The summed E-state index contributed by atoms with van der Waals surface area (Å²) in [4.78, 5) is 22.2. The van der Waals surface area contributed by atoms with Gasteiger partial charge in [-0.05, 0) is 41.4 Å². The van der Waals surface area contributed by atoms with Crippen LogP contribution in [-0.2, 0) is 5.60 Å².